The highest BCUT2D eigenvalue weighted by Gasteiger charge is 2.11. The smallest absolute Gasteiger partial charge is 0.260 e. The second-order valence-electron chi connectivity index (χ2n) is 4.71. The van der Waals surface area contributed by atoms with Crippen LogP contribution in [-0.2, 0) is 17.9 Å². The number of amides is 1. The van der Waals surface area contributed by atoms with E-state index in [0.717, 1.165) is 11.1 Å². The van der Waals surface area contributed by atoms with Crippen LogP contribution in [0.4, 0.5) is 0 Å². The van der Waals surface area contributed by atoms with Crippen molar-refractivity contribution in [1.29, 1.82) is 0 Å². The summed E-state index contributed by atoms with van der Waals surface area (Å²) in [6, 6.07) is 11.2. The number of likely N-dealkylation sites (N-methyl/N-ethyl adjacent to an activating group) is 1. The molecule has 1 aromatic carbocycles. The molecule has 0 aliphatic carbocycles. The normalized spacial score (nSPS) is 10.2. The van der Waals surface area contributed by atoms with E-state index in [1.54, 1.807) is 24.3 Å². The maximum atomic E-state index is 12.1. The molecule has 0 unspecified atom stereocenters. The van der Waals surface area contributed by atoms with Crippen molar-refractivity contribution in [3.05, 3.63) is 59.9 Å². The fraction of sp³-hybridized carbons (Fsp3) is 0.250. The van der Waals surface area contributed by atoms with Crippen molar-refractivity contribution in [1.82, 2.24) is 9.88 Å². The van der Waals surface area contributed by atoms with E-state index in [1.165, 1.54) is 0 Å². The van der Waals surface area contributed by atoms with E-state index < -0.39 is 0 Å². The Labute approximate surface area is 124 Å². The van der Waals surface area contributed by atoms with Crippen LogP contribution in [-0.4, -0.2) is 29.4 Å². The van der Waals surface area contributed by atoms with Gasteiger partial charge in [-0.05, 0) is 17.7 Å². The number of ether oxygens (including phenoxy) is 1. The Balaban J connectivity index is 1.89. The fourth-order valence-electron chi connectivity index (χ4n) is 1.92. The molecular weight excluding hydrogens is 266 g/mol. The molecule has 0 radical (unpaired) electrons. The minimum absolute atomic E-state index is 0.00618. The minimum Gasteiger partial charge on any atom is -0.483 e. The molecule has 0 atom stereocenters. The van der Waals surface area contributed by atoms with Crippen LogP contribution in [0.1, 0.15) is 11.1 Å². The zero-order valence-electron chi connectivity index (χ0n) is 12.0. The number of nitrogens with two attached hydrogens (primary N) is 1. The standard InChI is InChI=1S/C16H19N3O2/c1-19(11-13-5-4-8-18-10-13)16(20)12-21-15-7-3-2-6-14(15)9-17/h2-8,10H,9,11-12,17H2,1H3. The van der Waals surface area contributed by atoms with Crippen molar-refractivity contribution < 1.29 is 9.53 Å². The lowest BCUT2D eigenvalue weighted by Gasteiger charge is -2.18. The summed E-state index contributed by atoms with van der Waals surface area (Å²) in [6.07, 6.45) is 3.45. The largest absolute Gasteiger partial charge is 0.483 e. The van der Waals surface area contributed by atoms with E-state index in [0.29, 0.717) is 18.8 Å². The molecule has 0 aliphatic rings. The van der Waals surface area contributed by atoms with Crippen LogP contribution in [0.2, 0.25) is 0 Å². The van der Waals surface area contributed by atoms with Crippen LogP contribution < -0.4 is 10.5 Å². The summed E-state index contributed by atoms with van der Waals surface area (Å²) in [5, 5.41) is 0. The summed E-state index contributed by atoms with van der Waals surface area (Å²) >= 11 is 0. The molecule has 1 aromatic heterocycles. The van der Waals surface area contributed by atoms with Gasteiger partial charge in [-0.25, -0.2) is 0 Å². The Morgan fingerprint density at radius 3 is 2.81 bits per heavy atom. The number of carbonyl (C=O) groups excluding carboxylic acids is 1. The number of para-hydroxylation sites is 1. The number of nitrogens with zero attached hydrogens (tertiary/aromatic N) is 2. The summed E-state index contributed by atoms with van der Waals surface area (Å²) in [5.74, 6) is 0.564. The molecule has 5 nitrogen and oxygen atoms in total. The summed E-state index contributed by atoms with van der Waals surface area (Å²) < 4.78 is 5.56. The third kappa shape index (κ3) is 4.29. The van der Waals surface area contributed by atoms with Crippen molar-refractivity contribution in [2.45, 2.75) is 13.1 Å². The third-order valence-electron chi connectivity index (χ3n) is 3.11. The van der Waals surface area contributed by atoms with Crippen molar-refractivity contribution >= 4 is 5.91 Å². The van der Waals surface area contributed by atoms with E-state index >= 15 is 0 Å². The summed E-state index contributed by atoms with van der Waals surface area (Å²) in [6.45, 7) is 0.887. The van der Waals surface area contributed by atoms with Gasteiger partial charge in [0.05, 0.1) is 0 Å². The first kappa shape index (κ1) is 15.0. The fourth-order valence-corrected chi connectivity index (χ4v) is 1.92. The number of aromatic nitrogens is 1. The molecule has 0 saturated carbocycles. The monoisotopic (exact) mass is 285 g/mol. The molecule has 2 N–H and O–H groups in total. The van der Waals surface area contributed by atoms with Crippen molar-refractivity contribution in [2.24, 2.45) is 5.73 Å². The number of benzene rings is 1. The summed E-state index contributed by atoms with van der Waals surface area (Å²) in [4.78, 5) is 17.7. The summed E-state index contributed by atoms with van der Waals surface area (Å²) in [7, 11) is 1.74. The molecule has 21 heavy (non-hydrogen) atoms. The van der Waals surface area contributed by atoms with Gasteiger partial charge in [0, 0.05) is 38.1 Å². The average molecular weight is 285 g/mol. The van der Waals surface area contributed by atoms with Crippen LogP contribution in [0.3, 0.4) is 0 Å². The van der Waals surface area contributed by atoms with E-state index in [1.807, 2.05) is 36.4 Å². The molecule has 0 fully saturated rings. The average Bonchev–Trinajstić information content (AvgIpc) is 2.53. The zero-order chi connectivity index (χ0) is 15.1. The van der Waals surface area contributed by atoms with Gasteiger partial charge in [0.2, 0.25) is 0 Å². The molecule has 0 saturated heterocycles. The van der Waals surface area contributed by atoms with Crippen LogP contribution in [0.25, 0.3) is 0 Å². The second kappa shape index (κ2) is 7.40. The highest BCUT2D eigenvalue weighted by molar-refractivity contribution is 5.77. The highest BCUT2D eigenvalue weighted by atomic mass is 16.5. The Kier molecular flexibility index (Phi) is 5.29. The van der Waals surface area contributed by atoms with Crippen LogP contribution in [0, 0.1) is 0 Å². The lowest BCUT2D eigenvalue weighted by molar-refractivity contribution is -0.132. The molecule has 0 bridgehead atoms. The molecule has 0 spiro atoms. The van der Waals surface area contributed by atoms with Gasteiger partial charge in [-0.2, -0.15) is 0 Å². The van der Waals surface area contributed by atoms with E-state index in [2.05, 4.69) is 4.98 Å². The third-order valence-corrected chi connectivity index (χ3v) is 3.11. The number of rotatable bonds is 6. The number of carbonyl (C=O) groups is 1. The SMILES string of the molecule is CN(Cc1cccnc1)C(=O)COc1ccccc1CN. The van der Waals surface area contributed by atoms with Gasteiger partial charge in [-0.3, -0.25) is 9.78 Å². The highest BCUT2D eigenvalue weighted by Crippen LogP contribution is 2.17. The Morgan fingerprint density at radius 1 is 1.29 bits per heavy atom. The number of hydrogen-bond donors (Lipinski definition) is 1. The van der Waals surface area contributed by atoms with Gasteiger partial charge in [-0.1, -0.05) is 24.3 Å². The van der Waals surface area contributed by atoms with Crippen molar-refractivity contribution in [3.63, 3.8) is 0 Å². The van der Waals surface area contributed by atoms with Gasteiger partial charge in [0.15, 0.2) is 6.61 Å². The first-order chi connectivity index (χ1) is 10.2. The van der Waals surface area contributed by atoms with Gasteiger partial charge >= 0.3 is 0 Å². The molecule has 0 aliphatic heterocycles. The molecular formula is C16H19N3O2. The zero-order valence-corrected chi connectivity index (χ0v) is 12.0. The van der Waals surface area contributed by atoms with Crippen LogP contribution in [0.15, 0.2) is 48.8 Å². The van der Waals surface area contributed by atoms with Gasteiger partial charge in [-0.15, -0.1) is 0 Å². The Hall–Kier alpha value is -2.40. The number of pyridine rings is 1. The predicted octanol–water partition coefficient (Wildman–Crippen LogP) is 1.58. The van der Waals surface area contributed by atoms with Gasteiger partial charge in [0.25, 0.3) is 5.91 Å². The Bertz CT molecular complexity index is 587. The van der Waals surface area contributed by atoms with Crippen molar-refractivity contribution in [2.75, 3.05) is 13.7 Å². The molecule has 5 heteroatoms. The quantitative estimate of drug-likeness (QED) is 0.875. The van der Waals surface area contributed by atoms with Gasteiger partial charge < -0.3 is 15.4 Å². The molecule has 1 amide bonds. The van der Waals surface area contributed by atoms with Gasteiger partial charge in [0.1, 0.15) is 5.75 Å². The van der Waals surface area contributed by atoms with E-state index in [-0.39, 0.29) is 12.5 Å². The maximum absolute atomic E-state index is 12.1. The maximum Gasteiger partial charge on any atom is 0.260 e. The second-order valence-corrected chi connectivity index (χ2v) is 4.71. The predicted molar refractivity (Wildman–Crippen MR) is 80.5 cm³/mol. The van der Waals surface area contributed by atoms with Crippen LogP contribution in [0.5, 0.6) is 5.75 Å². The molecule has 110 valence electrons. The molecule has 2 rings (SSSR count). The minimum atomic E-state index is -0.0920. The topological polar surface area (TPSA) is 68.5 Å². The summed E-state index contributed by atoms with van der Waals surface area (Å²) in [5.41, 5.74) is 7.51. The first-order valence-corrected chi connectivity index (χ1v) is 6.74. The van der Waals surface area contributed by atoms with Crippen LogP contribution >= 0.6 is 0 Å². The number of hydrogen-bond acceptors (Lipinski definition) is 4. The van der Waals surface area contributed by atoms with E-state index in [9.17, 15) is 4.79 Å². The molecule has 2 aromatic rings. The lowest BCUT2D eigenvalue weighted by atomic mass is 10.2. The van der Waals surface area contributed by atoms with E-state index in [4.69, 9.17) is 10.5 Å². The lowest BCUT2D eigenvalue weighted by Crippen LogP contribution is -2.31. The molecule has 1 heterocycles. The Morgan fingerprint density at radius 2 is 2.10 bits per heavy atom. The van der Waals surface area contributed by atoms with Crippen molar-refractivity contribution in [3.8, 4) is 5.75 Å². The first-order valence-electron chi connectivity index (χ1n) is 6.74.